The smallest absolute Gasteiger partial charge is 0.310 e. The van der Waals surface area contributed by atoms with E-state index >= 15 is 0 Å². The number of carbonyl (C=O) groups is 2. The minimum absolute atomic E-state index is 0.0382. The molecule has 0 saturated heterocycles. The molecule has 1 N–H and O–H groups in total. The molecule has 0 bridgehead atoms. The van der Waals surface area contributed by atoms with E-state index in [0.717, 1.165) is 25.7 Å². The van der Waals surface area contributed by atoms with Crippen LogP contribution < -0.4 is 10.1 Å². The van der Waals surface area contributed by atoms with E-state index in [1.165, 1.54) is 25.3 Å². The van der Waals surface area contributed by atoms with Gasteiger partial charge >= 0.3 is 11.7 Å². The zero-order valence-corrected chi connectivity index (χ0v) is 14.1. The SMILES string of the molecule is COC(=O)C1CCCCC1CNC(=O)COc1ccccc1[N+](=O)[O-]. The van der Waals surface area contributed by atoms with E-state index in [0.29, 0.717) is 6.54 Å². The van der Waals surface area contributed by atoms with Gasteiger partial charge in [0, 0.05) is 12.6 Å². The van der Waals surface area contributed by atoms with E-state index in [2.05, 4.69) is 5.32 Å². The predicted octanol–water partition coefficient (Wildman–Crippen LogP) is 2.07. The second kappa shape index (κ2) is 9.00. The molecule has 1 aliphatic rings. The summed E-state index contributed by atoms with van der Waals surface area (Å²) in [6.45, 7) is 0.0410. The summed E-state index contributed by atoms with van der Waals surface area (Å²) in [5.41, 5.74) is -0.187. The molecule has 1 fully saturated rings. The Kier molecular flexibility index (Phi) is 6.73. The van der Waals surface area contributed by atoms with Gasteiger partial charge in [-0.15, -0.1) is 0 Å². The van der Waals surface area contributed by atoms with Crippen LogP contribution in [0.5, 0.6) is 5.75 Å². The van der Waals surface area contributed by atoms with Crippen molar-refractivity contribution in [1.29, 1.82) is 0 Å². The molecule has 1 aromatic rings. The van der Waals surface area contributed by atoms with Crippen molar-refractivity contribution in [2.45, 2.75) is 25.7 Å². The standard InChI is InChI=1S/C17H22N2O6/c1-24-17(21)13-7-3-2-6-12(13)10-18-16(20)11-25-15-9-5-4-8-14(15)19(22)23/h4-5,8-9,12-13H,2-3,6-7,10-11H2,1H3,(H,18,20). The Morgan fingerprint density at radius 1 is 1.28 bits per heavy atom. The van der Waals surface area contributed by atoms with Gasteiger partial charge in [0.05, 0.1) is 18.0 Å². The quantitative estimate of drug-likeness (QED) is 0.458. The fourth-order valence-corrected chi connectivity index (χ4v) is 3.08. The van der Waals surface area contributed by atoms with Gasteiger partial charge in [0.1, 0.15) is 0 Å². The lowest BCUT2D eigenvalue weighted by Gasteiger charge is -2.29. The molecule has 2 unspecified atom stereocenters. The molecule has 136 valence electrons. The van der Waals surface area contributed by atoms with Crippen molar-refractivity contribution in [2.24, 2.45) is 11.8 Å². The molecule has 25 heavy (non-hydrogen) atoms. The number of ether oxygens (including phenoxy) is 2. The van der Waals surface area contributed by atoms with Gasteiger partial charge in [0.2, 0.25) is 0 Å². The van der Waals surface area contributed by atoms with Gasteiger partial charge in [-0.05, 0) is 24.8 Å². The van der Waals surface area contributed by atoms with Gasteiger partial charge in [-0.25, -0.2) is 0 Å². The molecule has 0 aliphatic heterocycles. The van der Waals surface area contributed by atoms with Crippen LogP contribution in [0, 0.1) is 22.0 Å². The third-order valence-electron chi connectivity index (χ3n) is 4.40. The first-order valence-corrected chi connectivity index (χ1v) is 8.23. The van der Waals surface area contributed by atoms with E-state index in [4.69, 9.17) is 9.47 Å². The minimum atomic E-state index is -0.559. The highest BCUT2D eigenvalue weighted by Crippen LogP contribution is 2.30. The summed E-state index contributed by atoms with van der Waals surface area (Å²) >= 11 is 0. The number of amides is 1. The number of nitro groups is 1. The molecule has 8 heteroatoms. The van der Waals surface area contributed by atoms with Gasteiger partial charge in [0.15, 0.2) is 12.4 Å². The lowest BCUT2D eigenvalue weighted by atomic mass is 9.79. The Morgan fingerprint density at radius 2 is 2.00 bits per heavy atom. The van der Waals surface area contributed by atoms with Crippen LogP contribution in [-0.4, -0.2) is 37.1 Å². The van der Waals surface area contributed by atoms with Crippen LogP contribution in [0.2, 0.25) is 0 Å². The van der Waals surface area contributed by atoms with E-state index in [1.807, 2.05) is 0 Å². The molecule has 0 heterocycles. The molecule has 0 spiro atoms. The first-order valence-electron chi connectivity index (χ1n) is 8.23. The highest BCUT2D eigenvalue weighted by molar-refractivity contribution is 5.78. The fourth-order valence-electron chi connectivity index (χ4n) is 3.08. The Morgan fingerprint density at radius 3 is 2.72 bits per heavy atom. The van der Waals surface area contributed by atoms with Crippen molar-refractivity contribution in [1.82, 2.24) is 5.32 Å². The van der Waals surface area contributed by atoms with Gasteiger partial charge in [-0.3, -0.25) is 19.7 Å². The molecule has 0 aromatic heterocycles. The van der Waals surface area contributed by atoms with Crippen molar-refractivity contribution in [3.8, 4) is 5.75 Å². The second-order valence-electron chi connectivity index (χ2n) is 5.99. The number of para-hydroxylation sites is 2. The topological polar surface area (TPSA) is 108 Å². The van der Waals surface area contributed by atoms with Crippen molar-refractivity contribution in [3.05, 3.63) is 34.4 Å². The number of nitro benzene ring substituents is 1. The fraction of sp³-hybridized carbons (Fsp3) is 0.529. The van der Waals surface area contributed by atoms with E-state index in [1.54, 1.807) is 6.07 Å². The van der Waals surface area contributed by atoms with Gasteiger partial charge in [-0.2, -0.15) is 0 Å². The van der Waals surface area contributed by atoms with Crippen LogP contribution in [0.3, 0.4) is 0 Å². The predicted molar refractivity (Wildman–Crippen MR) is 89.1 cm³/mol. The summed E-state index contributed by atoms with van der Waals surface area (Å²) in [5, 5.41) is 13.6. The van der Waals surface area contributed by atoms with Crippen molar-refractivity contribution in [2.75, 3.05) is 20.3 Å². The Hall–Kier alpha value is -2.64. The summed E-state index contributed by atoms with van der Waals surface area (Å²) in [4.78, 5) is 34.1. The van der Waals surface area contributed by atoms with Crippen molar-refractivity contribution >= 4 is 17.6 Å². The number of nitrogens with zero attached hydrogens (tertiary/aromatic N) is 1. The molecule has 1 amide bonds. The number of nitrogens with one attached hydrogen (secondary N) is 1. The lowest BCUT2D eigenvalue weighted by molar-refractivity contribution is -0.385. The van der Waals surface area contributed by atoms with Gasteiger partial charge in [-0.1, -0.05) is 25.0 Å². The van der Waals surface area contributed by atoms with Crippen molar-refractivity contribution < 1.29 is 24.0 Å². The van der Waals surface area contributed by atoms with Crippen LogP contribution in [0.4, 0.5) is 5.69 Å². The molecule has 1 aromatic carbocycles. The van der Waals surface area contributed by atoms with Crippen LogP contribution in [0.1, 0.15) is 25.7 Å². The largest absolute Gasteiger partial charge is 0.477 e. The zero-order valence-electron chi connectivity index (χ0n) is 14.1. The molecular formula is C17H22N2O6. The molecule has 2 rings (SSSR count). The molecule has 1 aliphatic carbocycles. The number of hydrogen-bond acceptors (Lipinski definition) is 6. The monoisotopic (exact) mass is 350 g/mol. The summed E-state index contributed by atoms with van der Waals surface area (Å²) in [6, 6.07) is 5.89. The molecule has 2 atom stereocenters. The van der Waals surface area contributed by atoms with E-state index < -0.39 is 4.92 Å². The maximum absolute atomic E-state index is 12.0. The van der Waals surface area contributed by atoms with Crippen LogP contribution in [0.15, 0.2) is 24.3 Å². The number of methoxy groups -OCH3 is 1. The summed E-state index contributed by atoms with van der Waals surface area (Å²) in [6.07, 6.45) is 3.61. The van der Waals surface area contributed by atoms with Gasteiger partial charge < -0.3 is 14.8 Å². The number of carbonyl (C=O) groups excluding carboxylic acids is 2. The van der Waals surface area contributed by atoms with Gasteiger partial charge in [0.25, 0.3) is 5.91 Å². The maximum Gasteiger partial charge on any atom is 0.310 e. The molecular weight excluding hydrogens is 328 g/mol. The second-order valence-corrected chi connectivity index (χ2v) is 5.99. The maximum atomic E-state index is 12.0. The number of benzene rings is 1. The number of hydrogen-bond donors (Lipinski definition) is 1. The van der Waals surface area contributed by atoms with Crippen LogP contribution in [0.25, 0.3) is 0 Å². The normalized spacial score (nSPS) is 19.7. The number of rotatable bonds is 7. The first kappa shape index (κ1) is 18.7. The lowest BCUT2D eigenvalue weighted by Crippen LogP contribution is -2.39. The van der Waals surface area contributed by atoms with Crippen LogP contribution >= 0.6 is 0 Å². The third kappa shape index (κ3) is 5.17. The van der Waals surface area contributed by atoms with Crippen molar-refractivity contribution in [3.63, 3.8) is 0 Å². The van der Waals surface area contributed by atoms with E-state index in [9.17, 15) is 19.7 Å². The third-order valence-corrected chi connectivity index (χ3v) is 4.40. The zero-order chi connectivity index (χ0) is 18.2. The molecule has 0 radical (unpaired) electrons. The summed E-state index contributed by atoms with van der Waals surface area (Å²) in [7, 11) is 1.37. The molecule has 8 nitrogen and oxygen atoms in total. The highest BCUT2D eigenvalue weighted by atomic mass is 16.6. The minimum Gasteiger partial charge on any atom is -0.477 e. The average Bonchev–Trinajstić information content (AvgIpc) is 2.64. The highest BCUT2D eigenvalue weighted by Gasteiger charge is 2.31. The molecule has 1 saturated carbocycles. The Labute approximate surface area is 145 Å². The van der Waals surface area contributed by atoms with Crippen LogP contribution in [-0.2, 0) is 14.3 Å². The Balaban J connectivity index is 1.84. The first-order chi connectivity index (χ1) is 12.0. The summed E-state index contributed by atoms with van der Waals surface area (Å²) in [5.74, 6) is -0.735. The summed E-state index contributed by atoms with van der Waals surface area (Å²) < 4.78 is 10.1. The average molecular weight is 350 g/mol. The number of esters is 1. The van der Waals surface area contributed by atoms with E-state index in [-0.39, 0.29) is 41.8 Å². The Bertz CT molecular complexity index is 633.